The molecule has 3 aromatic heterocycles. The first-order chi connectivity index (χ1) is 11.7. The molecule has 1 aliphatic rings. The van der Waals surface area contributed by atoms with Crippen LogP contribution >= 0.6 is 11.3 Å². The van der Waals surface area contributed by atoms with Gasteiger partial charge in [-0.2, -0.15) is 0 Å². The second-order valence-corrected chi connectivity index (χ2v) is 7.06. The Hall–Kier alpha value is -2.60. The molecule has 0 aromatic carbocycles. The first-order valence-corrected chi connectivity index (χ1v) is 8.62. The van der Waals surface area contributed by atoms with Crippen LogP contribution in [0.1, 0.15) is 31.2 Å². The molecule has 0 fully saturated rings. The maximum Gasteiger partial charge on any atom is 0.206 e. The van der Waals surface area contributed by atoms with Crippen molar-refractivity contribution < 1.29 is 4.79 Å². The number of fused-ring (bicyclic) bond motifs is 1. The van der Waals surface area contributed by atoms with Gasteiger partial charge in [0.05, 0.1) is 10.4 Å². The zero-order chi connectivity index (χ0) is 16.5. The van der Waals surface area contributed by atoms with Crippen LogP contribution in [0.5, 0.6) is 0 Å². The van der Waals surface area contributed by atoms with E-state index in [1.165, 1.54) is 33.7 Å². The fraction of sp³-hybridized carbons (Fsp3) is 0.222. The minimum absolute atomic E-state index is 0.0186. The van der Waals surface area contributed by atoms with E-state index >= 15 is 0 Å². The number of carbonyl (C=O) groups is 1. The van der Waals surface area contributed by atoms with Crippen LogP contribution in [0.3, 0.4) is 0 Å². The monoisotopic (exact) mass is 336 g/mol. The first-order valence-electron chi connectivity index (χ1n) is 7.80. The highest BCUT2D eigenvalue weighted by Crippen LogP contribution is 2.30. The molecule has 0 atom stereocenters. The number of carbonyl (C=O) groups excluding carboxylic acids is 1. The predicted octanol–water partition coefficient (Wildman–Crippen LogP) is 3.04. The zero-order valence-electron chi connectivity index (χ0n) is 13.3. The van der Waals surface area contributed by atoms with E-state index in [0.29, 0.717) is 5.56 Å². The first kappa shape index (κ1) is 15.0. The Morgan fingerprint density at radius 2 is 2.17 bits per heavy atom. The van der Waals surface area contributed by atoms with Crippen LogP contribution in [-0.2, 0) is 13.0 Å². The van der Waals surface area contributed by atoms with Gasteiger partial charge >= 0.3 is 0 Å². The summed E-state index contributed by atoms with van der Waals surface area (Å²) >= 11 is 1.53. The molecular formula is C18H16N4OS. The second kappa shape index (κ2) is 6.13. The minimum Gasteiger partial charge on any atom is -0.352 e. The molecule has 4 heterocycles. The number of rotatable bonds is 4. The van der Waals surface area contributed by atoms with Gasteiger partial charge in [-0.05, 0) is 36.6 Å². The summed E-state index contributed by atoms with van der Waals surface area (Å²) in [7, 11) is 0. The van der Waals surface area contributed by atoms with E-state index in [0.717, 1.165) is 30.2 Å². The third kappa shape index (κ3) is 2.69. The Morgan fingerprint density at radius 3 is 3.00 bits per heavy atom. The third-order valence-corrected chi connectivity index (χ3v) is 5.34. The molecule has 5 nitrogen and oxygen atoms in total. The zero-order valence-corrected chi connectivity index (χ0v) is 14.1. The fourth-order valence-electron chi connectivity index (χ4n) is 2.98. The summed E-state index contributed by atoms with van der Waals surface area (Å²) in [5.41, 5.74) is 3.00. The van der Waals surface area contributed by atoms with E-state index in [9.17, 15) is 4.79 Å². The van der Waals surface area contributed by atoms with Crippen molar-refractivity contribution in [2.45, 2.75) is 19.9 Å². The molecule has 0 saturated heterocycles. The Labute approximate surface area is 144 Å². The molecule has 0 amide bonds. The number of anilines is 1. The predicted molar refractivity (Wildman–Crippen MR) is 93.5 cm³/mol. The summed E-state index contributed by atoms with van der Waals surface area (Å²) in [6, 6.07) is 6.11. The lowest BCUT2D eigenvalue weighted by Crippen LogP contribution is -2.20. The fourth-order valence-corrected chi connectivity index (χ4v) is 3.97. The molecule has 0 N–H and O–H groups in total. The summed E-state index contributed by atoms with van der Waals surface area (Å²) < 4.78 is 0. The molecule has 0 aliphatic carbocycles. The van der Waals surface area contributed by atoms with E-state index in [1.807, 2.05) is 18.3 Å². The van der Waals surface area contributed by atoms with Gasteiger partial charge in [-0.3, -0.25) is 4.79 Å². The Morgan fingerprint density at radius 1 is 1.33 bits per heavy atom. The van der Waals surface area contributed by atoms with Gasteiger partial charge in [-0.25, -0.2) is 15.0 Å². The summed E-state index contributed by atoms with van der Waals surface area (Å²) in [4.78, 5) is 29.1. The van der Waals surface area contributed by atoms with Gasteiger partial charge in [-0.1, -0.05) is 6.07 Å². The number of nitrogens with zero attached hydrogens (tertiary/aromatic N) is 4. The maximum absolute atomic E-state index is 12.6. The average Bonchev–Trinajstić information content (AvgIpc) is 3.20. The molecule has 3 aromatic rings. The van der Waals surface area contributed by atoms with E-state index < -0.39 is 0 Å². The van der Waals surface area contributed by atoms with Crippen LogP contribution in [-0.4, -0.2) is 27.3 Å². The lowest BCUT2D eigenvalue weighted by Gasteiger charge is -2.17. The summed E-state index contributed by atoms with van der Waals surface area (Å²) in [5.74, 6) is 1.04. The van der Waals surface area contributed by atoms with Crippen LogP contribution in [0.25, 0.3) is 0 Å². The van der Waals surface area contributed by atoms with Crippen molar-refractivity contribution in [2.24, 2.45) is 0 Å². The highest BCUT2D eigenvalue weighted by atomic mass is 32.1. The molecule has 0 spiro atoms. The molecule has 0 bridgehead atoms. The topological polar surface area (TPSA) is 59.0 Å². The number of hydrogen-bond acceptors (Lipinski definition) is 6. The van der Waals surface area contributed by atoms with Crippen LogP contribution in [0.4, 0.5) is 5.82 Å². The number of aromatic nitrogens is 3. The van der Waals surface area contributed by atoms with Crippen molar-refractivity contribution in [3.05, 3.63) is 69.6 Å². The summed E-state index contributed by atoms with van der Waals surface area (Å²) in [6.07, 6.45) is 7.41. The number of hydrogen-bond donors (Lipinski definition) is 0. The molecule has 4 rings (SSSR count). The smallest absolute Gasteiger partial charge is 0.206 e. The normalized spacial score (nSPS) is 13.1. The van der Waals surface area contributed by atoms with Crippen molar-refractivity contribution in [1.82, 2.24) is 15.0 Å². The quantitative estimate of drug-likeness (QED) is 0.686. The van der Waals surface area contributed by atoms with Gasteiger partial charge in [0.25, 0.3) is 0 Å². The van der Waals surface area contributed by atoms with Crippen molar-refractivity contribution in [3.8, 4) is 0 Å². The second-order valence-electron chi connectivity index (χ2n) is 5.81. The lowest BCUT2D eigenvalue weighted by atomic mass is 10.1. The molecule has 0 unspecified atom stereocenters. The van der Waals surface area contributed by atoms with Gasteiger partial charge < -0.3 is 4.90 Å². The molecule has 1 aliphatic heterocycles. The standard InChI is InChI=1S/C18H16N4OS/c1-12-14(10-22-6-4-13-3-2-5-21-18(13)22)7-16(24-12)17(23)15-8-19-11-20-9-15/h2-3,5,7-9,11H,4,6,10H2,1H3. The number of ketones is 1. The van der Waals surface area contributed by atoms with Gasteiger partial charge in [0.15, 0.2) is 0 Å². The van der Waals surface area contributed by atoms with E-state index in [4.69, 9.17) is 0 Å². The Kier molecular flexibility index (Phi) is 3.82. The van der Waals surface area contributed by atoms with Gasteiger partial charge in [0.2, 0.25) is 5.78 Å². The van der Waals surface area contributed by atoms with Crippen LogP contribution in [0, 0.1) is 6.92 Å². The molecule has 0 radical (unpaired) electrons. The Balaban J connectivity index is 1.58. The van der Waals surface area contributed by atoms with E-state index in [1.54, 1.807) is 12.4 Å². The number of thiophene rings is 1. The molecule has 24 heavy (non-hydrogen) atoms. The van der Waals surface area contributed by atoms with Crippen molar-refractivity contribution in [2.75, 3.05) is 11.4 Å². The lowest BCUT2D eigenvalue weighted by molar-refractivity contribution is 0.104. The van der Waals surface area contributed by atoms with Crippen molar-refractivity contribution >= 4 is 22.9 Å². The van der Waals surface area contributed by atoms with E-state index in [2.05, 4.69) is 32.8 Å². The molecule has 6 heteroatoms. The highest BCUT2D eigenvalue weighted by Gasteiger charge is 2.22. The maximum atomic E-state index is 12.6. The molecule has 0 saturated carbocycles. The summed E-state index contributed by atoms with van der Waals surface area (Å²) in [6.45, 7) is 3.82. The summed E-state index contributed by atoms with van der Waals surface area (Å²) in [5, 5.41) is 0. The number of pyridine rings is 1. The average molecular weight is 336 g/mol. The van der Waals surface area contributed by atoms with Gasteiger partial charge in [-0.15, -0.1) is 11.3 Å². The van der Waals surface area contributed by atoms with Gasteiger partial charge in [0, 0.05) is 36.6 Å². The van der Waals surface area contributed by atoms with E-state index in [-0.39, 0.29) is 5.78 Å². The SMILES string of the molecule is Cc1sc(C(=O)c2cncnc2)cc1CN1CCc2cccnc21. The molecular weight excluding hydrogens is 320 g/mol. The molecule has 120 valence electrons. The number of aryl methyl sites for hydroxylation is 1. The van der Waals surface area contributed by atoms with Gasteiger partial charge in [0.1, 0.15) is 12.1 Å². The van der Waals surface area contributed by atoms with Crippen molar-refractivity contribution in [3.63, 3.8) is 0 Å². The van der Waals surface area contributed by atoms with Crippen LogP contribution in [0.2, 0.25) is 0 Å². The van der Waals surface area contributed by atoms with Crippen LogP contribution in [0.15, 0.2) is 43.1 Å². The van der Waals surface area contributed by atoms with Crippen molar-refractivity contribution in [1.29, 1.82) is 0 Å². The van der Waals surface area contributed by atoms with Crippen LogP contribution < -0.4 is 4.90 Å². The third-order valence-electron chi connectivity index (χ3n) is 4.25. The largest absolute Gasteiger partial charge is 0.352 e. The Bertz CT molecular complexity index is 891. The highest BCUT2D eigenvalue weighted by molar-refractivity contribution is 7.14. The minimum atomic E-state index is -0.0186.